The van der Waals surface area contributed by atoms with Crippen molar-refractivity contribution in [1.82, 2.24) is 5.32 Å². The first-order valence-electron chi connectivity index (χ1n) is 9.28. The van der Waals surface area contributed by atoms with Gasteiger partial charge in [-0.15, -0.1) is 0 Å². The molecule has 0 spiro atoms. The number of rotatable bonds is 4. The minimum absolute atomic E-state index is 0.0518. The van der Waals surface area contributed by atoms with E-state index in [1.807, 2.05) is 13.0 Å². The van der Waals surface area contributed by atoms with Crippen LogP contribution in [0.2, 0.25) is 0 Å². The van der Waals surface area contributed by atoms with E-state index in [2.05, 4.69) is 17.4 Å². The van der Waals surface area contributed by atoms with Crippen LogP contribution in [0.4, 0.5) is 0 Å². The number of carbonyl (C=O) groups is 1. The normalized spacial score (nSPS) is 29.9. The number of amides is 1. The molecule has 0 aromatic heterocycles. The maximum atomic E-state index is 12.5. The summed E-state index contributed by atoms with van der Waals surface area (Å²) in [5, 5.41) is 3.25. The zero-order chi connectivity index (χ0) is 15.8. The van der Waals surface area contributed by atoms with Gasteiger partial charge in [-0.2, -0.15) is 0 Å². The first kappa shape index (κ1) is 15.0. The molecule has 2 bridgehead atoms. The fourth-order valence-electron chi connectivity index (χ4n) is 4.82. The van der Waals surface area contributed by atoms with Crippen molar-refractivity contribution in [3.8, 4) is 5.75 Å². The van der Waals surface area contributed by atoms with Gasteiger partial charge >= 0.3 is 0 Å². The predicted octanol–water partition coefficient (Wildman–Crippen LogP) is 3.64. The SMILES string of the molecule is C[C@H](Oc1cccc2c1CCCC2)C(=O)N[C@@H]1C[C@@H]2CC[C@@H]1C2. The number of carbonyl (C=O) groups excluding carboxylic acids is 1. The summed E-state index contributed by atoms with van der Waals surface area (Å²) >= 11 is 0. The Morgan fingerprint density at radius 2 is 2.09 bits per heavy atom. The van der Waals surface area contributed by atoms with Gasteiger partial charge in [-0.3, -0.25) is 4.79 Å². The van der Waals surface area contributed by atoms with E-state index in [0.29, 0.717) is 12.0 Å². The van der Waals surface area contributed by atoms with Crippen LogP contribution in [0.25, 0.3) is 0 Å². The van der Waals surface area contributed by atoms with E-state index >= 15 is 0 Å². The van der Waals surface area contributed by atoms with Crippen LogP contribution in [0, 0.1) is 11.8 Å². The van der Waals surface area contributed by atoms with Gasteiger partial charge in [0.15, 0.2) is 6.10 Å². The molecule has 3 aliphatic carbocycles. The van der Waals surface area contributed by atoms with Crippen LogP contribution in [0.3, 0.4) is 0 Å². The van der Waals surface area contributed by atoms with Crippen LogP contribution >= 0.6 is 0 Å². The topological polar surface area (TPSA) is 38.3 Å². The summed E-state index contributed by atoms with van der Waals surface area (Å²) in [4.78, 5) is 12.5. The highest BCUT2D eigenvalue weighted by atomic mass is 16.5. The van der Waals surface area contributed by atoms with E-state index in [1.165, 1.54) is 49.7 Å². The fourth-order valence-corrected chi connectivity index (χ4v) is 4.82. The Morgan fingerprint density at radius 3 is 2.87 bits per heavy atom. The zero-order valence-electron chi connectivity index (χ0n) is 14.0. The Labute approximate surface area is 138 Å². The molecule has 1 N–H and O–H groups in total. The molecule has 3 heteroatoms. The van der Waals surface area contributed by atoms with Gasteiger partial charge in [0.25, 0.3) is 5.91 Å². The van der Waals surface area contributed by atoms with Crippen LogP contribution in [0.15, 0.2) is 18.2 Å². The molecular formula is C20H27NO2. The largest absolute Gasteiger partial charge is 0.481 e. The van der Waals surface area contributed by atoms with E-state index in [9.17, 15) is 4.79 Å². The van der Waals surface area contributed by atoms with Gasteiger partial charge < -0.3 is 10.1 Å². The van der Waals surface area contributed by atoms with Crippen LogP contribution < -0.4 is 10.1 Å². The number of nitrogens with one attached hydrogen (secondary N) is 1. The lowest BCUT2D eigenvalue weighted by molar-refractivity contribution is -0.128. The Morgan fingerprint density at radius 1 is 1.22 bits per heavy atom. The third-order valence-electron chi connectivity index (χ3n) is 6.09. The van der Waals surface area contributed by atoms with Crippen molar-refractivity contribution in [2.45, 2.75) is 70.4 Å². The van der Waals surface area contributed by atoms with E-state index in [4.69, 9.17) is 4.74 Å². The van der Waals surface area contributed by atoms with Gasteiger partial charge in [-0.05, 0) is 80.9 Å². The molecule has 4 rings (SSSR count). The second kappa shape index (κ2) is 6.18. The number of fused-ring (bicyclic) bond motifs is 3. The summed E-state index contributed by atoms with van der Waals surface area (Å²) in [6.07, 6.45) is 9.41. The molecule has 3 nitrogen and oxygen atoms in total. The van der Waals surface area contributed by atoms with Crippen LogP contribution in [0.5, 0.6) is 5.75 Å². The third-order valence-corrected chi connectivity index (χ3v) is 6.09. The van der Waals surface area contributed by atoms with Crippen molar-refractivity contribution in [3.05, 3.63) is 29.3 Å². The van der Waals surface area contributed by atoms with Gasteiger partial charge in [0.1, 0.15) is 5.75 Å². The quantitative estimate of drug-likeness (QED) is 0.921. The van der Waals surface area contributed by atoms with Crippen molar-refractivity contribution in [1.29, 1.82) is 0 Å². The average molecular weight is 313 g/mol. The van der Waals surface area contributed by atoms with Crippen LogP contribution in [0.1, 0.15) is 56.6 Å². The number of benzene rings is 1. The van der Waals surface area contributed by atoms with E-state index < -0.39 is 6.10 Å². The van der Waals surface area contributed by atoms with Crippen molar-refractivity contribution >= 4 is 5.91 Å². The van der Waals surface area contributed by atoms with Crippen LogP contribution in [-0.2, 0) is 17.6 Å². The number of hydrogen-bond acceptors (Lipinski definition) is 2. The molecular weight excluding hydrogens is 286 g/mol. The van der Waals surface area contributed by atoms with Crippen molar-refractivity contribution < 1.29 is 9.53 Å². The highest BCUT2D eigenvalue weighted by Crippen LogP contribution is 2.44. The molecule has 4 atom stereocenters. The maximum Gasteiger partial charge on any atom is 0.261 e. The Bertz CT molecular complexity index is 597. The molecule has 0 heterocycles. The van der Waals surface area contributed by atoms with Gasteiger partial charge in [-0.1, -0.05) is 18.6 Å². The Kier molecular flexibility index (Phi) is 4.04. The Hall–Kier alpha value is -1.51. The van der Waals surface area contributed by atoms with E-state index in [-0.39, 0.29) is 5.91 Å². The highest BCUT2D eigenvalue weighted by Gasteiger charge is 2.40. The monoisotopic (exact) mass is 313 g/mol. The molecule has 0 saturated heterocycles. The summed E-state index contributed by atoms with van der Waals surface area (Å²) in [7, 11) is 0. The summed E-state index contributed by atoms with van der Waals surface area (Å²) in [5.41, 5.74) is 2.72. The third kappa shape index (κ3) is 2.98. The molecule has 2 fully saturated rings. The first-order chi connectivity index (χ1) is 11.2. The molecule has 0 unspecified atom stereocenters. The molecule has 2 saturated carbocycles. The van der Waals surface area contributed by atoms with Crippen molar-refractivity contribution in [2.24, 2.45) is 11.8 Å². The first-order valence-corrected chi connectivity index (χ1v) is 9.28. The van der Waals surface area contributed by atoms with Gasteiger partial charge in [0, 0.05) is 6.04 Å². The molecule has 1 aromatic carbocycles. The average Bonchev–Trinajstić information content (AvgIpc) is 3.18. The fraction of sp³-hybridized carbons (Fsp3) is 0.650. The molecule has 1 aromatic rings. The molecule has 1 amide bonds. The smallest absolute Gasteiger partial charge is 0.261 e. The summed E-state index contributed by atoms with van der Waals surface area (Å²) in [5.74, 6) is 2.53. The molecule has 3 aliphatic rings. The number of aryl methyl sites for hydroxylation is 1. The van der Waals surface area contributed by atoms with E-state index in [1.54, 1.807) is 0 Å². The molecule has 0 aliphatic heterocycles. The molecule has 23 heavy (non-hydrogen) atoms. The lowest BCUT2D eigenvalue weighted by atomic mass is 9.91. The van der Waals surface area contributed by atoms with E-state index in [0.717, 1.165) is 24.5 Å². The maximum absolute atomic E-state index is 12.5. The summed E-state index contributed by atoms with van der Waals surface area (Å²) in [6.45, 7) is 1.88. The minimum Gasteiger partial charge on any atom is -0.481 e. The highest BCUT2D eigenvalue weighted by molar-refractivity contribution is 5.81. The van der Waals surface area contributed by atoms with Crippen molar-refractivity contribution in [3.63, 3.8) is 0 Å². The molecule has 0 radical (unpaired) electrons. The molecule has 124 valence electrons. The summed E-state index contributed by atoms with van der Waals surface area (Å²) in [6, 6.07) is 6.66. The summed E-state index contributed by atoms with van der Waals surface area (Å²) < 4.78 is 6.05. The van der Waals surface area contributed by atoms with Crippen LogP contribution in [-0.4, -0.2) is 18.1 Å². The lowest BCUT2D eigenvalue weighted by Crippen LogP contribution is -2.44. The van der Waals surface area contributed by atoms with Gasteiger partial charge in [0.2, 0.25) is 0 Å². The van der Waals surface area contributed by atoms with Gasteiger partial charge in [-0.25, -0.2) is 0 Å². The standard InChI is InChI=1S/C20H27NO2/c1-13(20(22)21-18-12-14-9-10-16(18)11-14)23-19-8-4-6-15-5-2-3-7-17(15)19/h4,6,8,13-14,16,18H,2-3,5,7,9-12H2,1H3,(H,21,22)/t13-,14+,16+,18+/m0/s1. The predicted molar refractivity (Wildman–Crippen MR) is 90.6 cm³/mol. The second-order valence-corrected chi connectivity index (χ2v) is 7.65. The Balaban J connectivity index is 1.39. The number of ether oxygens (including phenoxy) is 1. The van der Waals surface area contributed by atoms with Crippen molar-refractivity contribution in [2.75, 3.05) is 0 Å². The second-order valence-electron chi connectivity index (χ2n) is 7.65. The zero-order valence-corrected chi connectivity index (χ0v) is 14.0. The minimum atomic E-state index is -0.414. The number of hydrogen-bond donors (Lipinski definition) is 1. The lowest BCUT2D eigenvalue weighted by Gasteiger charge is -2.26. The van der Waals surface area contributed by atoms with Gasteiger partial charge in [0.05, 0.1) is 0 Å².